The third-order valence-electron chi connectivity index (χ3n) is 4.32. The number of nitrogens with one attached hydrogen (secondary N) is 1. The minimum atomic E-state index is 0.498. The third-order valence-corrected chi connectivity index (χ3v) is 4.32. The highest BCUT2D eigenvalue weighted by Crippen LogP contribution is 2.38. The molecular weight excluding hydrogens is 238 g/mol. The Balaban J connectivity index is 1.64. The van der Waals surface area contributed by atoms with Crippen molar-refractivity contribution in [3.63, 3.8) is 0 Å². The Bertz CT molecular complexity index is 425. The molecule has 0 aromatic carbocycles. The highest BCUT2D eigenvalue weighted by atomic mass is 16.5. The third kappa shape index (κ3) is 2.94. The molecule has 2 atom stereocenters. The van der Waals surface area contributed by atoms with Gasteiger partial charge in [-0.1, -0.05) is 6.92 Å². The Hall–Kier alpha value is -1.03. The number of hydrogen-bond donors (Lipinski definition) is 1. The molecule has 2 fully saturated rings. The molecule has 2 unspecified atom stereocenters. The summed E-state index contributed by atoms with van der Waals surface area (Å²) in [7, 11) is 0. The maximum absolute atomic E-state index is 5.89. The first kappa shape index (κ1) is 13.0. The molecule has 2 aliphatic rings. The van der Waals surface area contributed by atoms with Crippen molar-refractivity contribution in [2.75, 3.05) is 11.9 Å². The van der Waals surface area contributed by atoms with E-state index in [9.17, 15) is 0 Å². The monoisotopic (exact) mass is 263 g/mol. The second kappa shape index (κ2) is 5.53. The summed E-state index contributed by atoms with van der Waals surface area (Å²) in [6, 6.07) is 0.555. The average Bonchev–Trinajstić information content (AvgIpc) is 3.21. The van der Waals surface area contributed by atoms with Crippen LogP contribution in [0, 0.1) is 5.92 Å². The molecule has 0 bridgehead atoms. The van der Waals surface area contributed by atoms with Crippen molar-refractivity contribution in [1.82, 2.24) is 9.78 Å². The van der Waals surface area contributed by atoms with Gasteiger partial charge in [-0.15, -0.1) is 0 Å². The molecule has 0 spiro atoms. The standard InChI is InChI=1S/C15H25N3O/c1-3-13-14(10-18(4-2)17-13)16-12-7-8-19-15(9-12)11-5-6-11/h10-12,15-16H,3-9H2,1-2H3. The van der Waals surface area contributed by atoms with E-state index in [0.29, 0.717) is 12.1 Å². The fourth-order valence-corrected chi connectivity index (χ4v) is 2.98. The predicted molar refractivity (Wildman–Crippen MR) is 76.4 cm³/mol. The summed E-state index contributed by atoms with van der Waals surface area (Å²) >= 11 is 0. The largest absolute Gasteiger partial charge is 0.379 e. The van der Waals surface area contributed by atoms with E-state index in [-0.39, 0.29) is 0 Å². The van der Waals surface area contributed by atoms with Crippen molar-refractivity contribution in [2.24, 2.45) is 5.92 Å². The molecule has 1 aliphatic carbocycles. The summed E-state index contributed by atoms with van der Waals surface area (Å²) in [5.74, 6) is 0.841. The minimum absolute atomic E-state index is 0.498. The molecule has 4 nitrogen and oxygen atoms in total. The van der Waals surface area contributed by atoms with Crippen molar-refractivity contribution in [3.8, 4) is 0 Å². The van der Waals surface area contributed by atoms with E-state index < -0.39 is 0 Å². The summed E-state index contributed by atoms with van der Waals surface area (Å²) < 4.78 is 7.92. The Morgan fingerprint density at radius 2 is 2.21 bits per heavy atom. The highest BCUT2D eigenvalue weighted by molar-refractivity contribution is 5.47. The van der Waals surface area contributed by atoms with Gasteiger partial charge in [-0.3, -0.25) is 4.68 Å². The molecule has 2 heterocycles. The SMILES string of the molecule is CCc1nn(CC)cc1NC1CCOC(C2CC2)C1. The zero-order valence-corrected chi connectivity index (χ0v) is 12.1. The maximum atomic E-state index is 5.89. The lowest BCUT2D eigenvalue weighted by molar-refractivity contribution is -0.00219. The van der Waals surface area contributed by atoms with Gasteiger partial charge >= 0.3 is 0 Å². The Morgan fingerprint density at radius 3 is 2.89 bits per heavy atom. The van der Waals surface area contributed by atoms with Crippen LogP contribution in [-0.2, 0) is 17.7 Å². The Morgan fingerprint density at radius 1 is 1.37 bits per heavy atom. The first-order chi connectivity index (χ1) is 9.30. The van der Waals surface area contributed by atoms with Crippen molar-refractivity contribution >= 4 is 5.69 Å². The van der Waals surface area contributed by atoms with E-state index in [2.05, 4.69) is 30.5 Å². The topological polar surface area (TPSA) is 39.1 Å². The summed E-state index contributed by atoms with van der Waals surface area (Å²) in [4.78, 5) is 0. The van der Waals surface area contributed by atoms with Crippen LogP contribution in [0.5, 0.6) is 0 Å². The molecule has 19 heavy (non-hydrogen) atoms. The molecule has 1 saturated carbocycles. The predicted octanol–water partition coefficient (Wildman–Crippen LogP) is 2.83. The van der Waals surface area contributed by atoms with Crippen LogP contribution >= 0.6 is 0 Å². The van der Waals surface area contributed by atoms with Gasteiger partial charge in [0.25, 0.3) is 0 Å². The van der Waals surface area contributed by atoms with Gasteiger partial charge in [0.2, 0.25) is 0 Å². The number of hydrogen-bond acceptors (Lipinski definition) is 3. The van der Waals surface area contributed by atoms with E-state index in [1.165, 1.54) is 24.2 Å². The van der Waals surface area contributed by atoms with Crippen LogP contribution in [-0.4, -0.2) is 28.5 Å². The first-order valence-corrected chi connectivity index (χ1v) is 7.74. The molecule has 0 radical (unpaired) electrons. The summed E-state index contributed by atoms with van der Waals surface area (Å²) in [5, 5.41) is 8.31. The van der Waals surface area contributed by atoms with E-state index in [4.69, 9.17) is 4.74 Å². The van der Waals surface area contributed by atoms with Gasteiger partial charge in [-0.25, -0.2) is 0 Å². The van der Waals surface area contributed by atoms with Gasteiger partial charge in [-0.2, -0.15) is 5.10 Å². The lowest BCUT2D eigenvalue weighted by Crippen LogP contribution is -2.35. The van der Waals surface area contributed by atoms with Crippen LogP contribution in [0.4, 0.5) is 5.69 Å². The lowest BCUT2D eigenvalue weighted by Gasteiger charge is -2.30. The van der Waals surface area contributed by atoms with Gasteiger partial charge in [0.1, 0.15) is 0 Å². The van der Waals surface area contributed by atoms with Gasteiger partial charge in [-0.05, 0) is 44.9 Å². The number of ether oxygens (including phenoxy) is 1. The van der Waals surface area contributed by atoms with Crippen LogP contribution in [0.1, 0.15) is 45.2 Å². The molecular formula is C15H25N3O. The number of aromatic nitrogens is 2. The molecule has 4 heteroatoms. The molecule has 1 N–H and O–H groups in total. The fraction of sp³-hybridized carbons (Fsp3) is 0.800. The second-order valence-corrected chi connectivity index (χ2v) is 5.81. The highest BCUT2D eigenvalue weighted by Gasteiger charge is 2.36. The first-order valence-electron chi connectivity index (χ1n) is 7.74. The molecule has 1 aromatic heterocycles. The van der Waals surface area contributed by atoms with E-state index >= 15 is 0 Å². The van der Waals surface area contributed by atoms with Gasteiger partial charge in [0.05, 0.1) is 17.5 Å². The van der Waals surface area contributed by atoms with Crippen LogP contribution in [0.3, 0.4) is 0 Å². The summed E-state index contributed by atoms with van der Waals surface area (Å²) in [6.45, 7) is 6.15. The van der Waals surface area contributed by atoms with Crippen molar-refractivity contribution in [1.29, 1.82) is 0 Å². The smallest absolute Gasteiger partial charge is 0.0853 e. The Labute approximate surface area is 115 Å². The summed E-state index contributed by atoms with van der Waals surface area (Å²) in [5.41, 5.74) is 2.42. The molecule has 3 rings (SSSR count). The van der Waals surface area contributed by atoms with Crippen LogP contribution in [0.15, 0.2) is 6.20 Å². The van der Waals surface area contributed by atoms with Gasteiger partial charge < -0.3 is 10.1 Å². The zero-order valence-electron chi connectivity index (χ0n) is 12.1. The van der Waals surface area contributed by atoms with Crippen LogP contribution in [0.25, 0.3) is 0 Å². The molecule has 1 saturated heterocycles. The maximum Gasteiger partial charge on any atom is 0.0853 e. The molecule has 1 aromatic rings. The number of nitrogens with zero attached hydrogens (tertiary/aromatic N) is 2. The van der Waals surface area contributed by atoms with E-state index in [1.807, 2.05) is 4.68 Å². The van der Waals surface area contributed by atoms with Crippen LogP contribution < -0.4 is 5.32 Å². The van der Waals surface area contributed by atoms with Gasteiger partial charge in [0.15, 0.2) is 0 Å². The zero-order chi connectivity index (χ0) is 13.2. The minimum Gasteiger partial charge on any atom is -0.379 e. The molecule has 1 aliphatic heterocycles. The molecule has 0 amide bonds. The lowest BCUT2D eigenvalue weighted by atomic mass is 10.00. The van der Waals surface area contributed by atoms with Crippen molar-refractivity contribution in [3.05, 3.63) is 11.9 Å². The number of rotatable bonds is 5. The van der Waals surface area contributed by atoms with E-state index in [1.54, 1.807) is 0 Å². The average molecular weight is 263 g/mol. The fourth-order valence-electron chi connectivity index (χ4n) is 2.98. The van der Waals surface area contributed by atoms with Crippen molar-refractivity contribution in [2.45, 2.75) is 64.6 Å². The van der Waals surface area contributed by atoms with E-state index in [0.717, 1.165) is 38.3 Å². The van der Waals surface area contributed by atoms with Gasteiger partial charge in [0, 0.05) is 25.4 Å². The van der Waals surface area contributed by atoms with Crippen molar-refractivity contribution < 1.29 is 4.74 Å². The number of anilines is 1. The second-order valence-electron chi connectivity index (χ2n) is 5.81. The normalized spacial score (nSPS) is 27.5. The summed E-state index contributed by atoms with van der Waals surface area (Å²) in [6.07, 6.45) is 8.65. The number of aryl methyl sites for hydroxylation is 2. The molecule has 106 valence electrons. The Kier molecular flexibility index (Phi) is 3.78. The van der Waals surface area contributed by atoms with Crippen LogP contribution in [0.2, 0.25) is 0 Å². The quantitative estimate of drug-likeness (QED) is 0.888.